The van der Waals surface area contributed by atoms with Gasteiger partial charge in [-0.05, 0) is 0 Å². The maximum absolute atomic E-state index is 3.91. The second-order valence-corrected chi connectivity index (χ2v) is 24.2. The van der Waals surface area contributed by atoms with Crippen LogP contribution in [0.1, 0.15) is 0 Å². The normalized spacial score (nSPS) is 9.91. The molecule has 0 atom stereocenters. The maximum Gasteiger partial charge on any atom is 2.00 e. The van der Waals surface area contributed by atoms with Crippen LogP contribution in [-0.2, 0) is 0 Å². The van der Waals surface area contributed by atoms with E-state index in [0.29, 0.717) is 0 Å². The Morgan fingerprint density at radius 3 is 0.522 bits per heavy atom. The van der Waals surface area contributed by atoms with Gasteiger partial charge in [-0.2, -0.15) is 0 Å². The smallest absolute Gasteiger partial charge is 0.342 e. The molecule has 1 aromatic rings. The van der Waals surface area contributed by atoms with Gasteiger partial charge in [-0.15, -0.1) is 24.2 Å². The summed E-state index contributed by atoms with van der Waals surface area (Å²) in [7, 11) is -2.58. The van der Waals surface area contributed by atoms with Gasteiger partial charge in [0.25, 0.3) is 0 Å². The molecule has 0 aliphatic heterocycles. The molecule has 0 saturated heterocycles. The van der Waals surface area contributed by atoms with E-state index in [9.17, 15) is 0 Å². The zero-order valence-corrected chi connectivity index (χ0v) is 25.3. The van der Waals surface area contributed by atoms with Crippen molar-refractivity contribution in [2.75, 3.05) is 0 Å². The average Bonchev–Trinajstić information content (AvgIpc) is 2.12. The molecule has 0 saturated carbocycles. The third-order valence-electron chi connectivity index (χ3n) is 0.667. The van der Waals surface area contributed by atoms with E-state index in [1.807, 2.05) is 36.4 Å². The van der Waals surface area contributed by atoms with Gasteiger partial charge in [0.1, 0.15) is 0 Å². The van der Waals surface area contributed by atoms with E-state index < -0.39 is 24.2 Å². The summed E-state index contributed by atoms with van der Waals surface area (Å²) in [4.78, 5) is 0. The SMILES string of the molecule is [CH2-][Si](C)(C)C.[CH2-][Si](C)(C)C.[CH2-][Si](C)(C)C.[K+].[Mg+2].c1ccccc1. The fourth-order valence-corrected chi connectivity index (χ4v) is 0.385. The molecule has 1 aromatic carbocycles. The van der Waals surface area contributed by atoms with Crippen LogP contribution in [0.5, 0.6) is 0 Å². The van der Waals surface area contributed by atoms with E-state index in [1.165, 1.54) is 0 Å². The van der Waals surface area contributed by atoms with Crippen molar-refractivity contribution in [3.05, 3.63) is 56.0 Å². The number of hydrogen-bond donors (Lipinski definition) is 0. The van der Waals surface area contributed by atoms with E-state index in [-0.39, 0.29) is 74.4 Å². The summed E-state index contributed by atoms with van der Waals surface area (Å²) in [6, 6.07) is 12.0. The molecule has 0 aliphatic rings. The Balaban J connectivity index is -0.0000000612. The van der Waals surface area contributed by atoms with Crippen LogP contribution in [0.25, 0.3) is 0 Å². The van der Waals surface area contributed by atoms with Crippen LogP contribution in [0, 0.1) is 19.6 Å². The molecule has 0 fully saturated rings. The molecular formula is C18H39KMgSi3. The van der Waals surface area contributed by atoms with E-state index in [4.69, 9.17) is 0 Å². The Morgan fingerprint density at radius 2 is 0.478 bits per heavy atom. The first-order valence-corrected chi connectivity index (χ1v) is 18.7. The molecule has 1 rings (SSSR count). The van der Waals surface area contributed by atoms with Crippen LogP contribution in [-0.4, -0.2) is 47.3 Å². The summed E-state index contributed by atoms with van der Waals surface area (Å²) in [6.07, 6.45) is 0. The molecule has 0 unspecified atom stereocenters. The molecule has 0 nitrogen and oxygen atoms in total. The van der Waals surface area contributed by atoms with E-state index in [0.717, 1.165) is 0 Å². The van der Waals surface area contributed by atoms with Crippen molar-refractivity contribution in [3.63, 3.8) is 0 Å². The van der Waals surface area contributed by atoms with Crippen molar-refractivity contribution in [2.24, 2.45) is 0 Å². The Labute approximate surface area is 210 Å². The first-order chi connectivity index (χ1) is 9.00. The minimum absolute atomic E-state index is 0. The van der Waals surface area contributed by atoms with Crippen LogP contribution < -0.4 is 51.4 Å². The minimum atomic E-state index is -0.861. The Morgan fingerprint density at radius 1 is 0.435 bits per heavy atom. The molecule has 0 heterocycles. The number of rotatable bonds is 0. The van der Waals surface area contributed by atoms with E-state index in [2.05, 4.69) is 78.6 Å². The summed E-state index contributed by atoms with van der Waals surface area (Å²) in [5.41, 5.74) is 0. The van der Waals surface area contributed by atoms with Gasteiger partial charge in [0.2, 0.25) is 0 Å². The van der Waals surface area contributed by atoms with Crippen molar-refractivity contribution in [1.29, 1.82) is 0 Å². The van der Waals surface area contributed by atoms with Gasteiger partial charge >= 0.3 is 74.4 Å². The molecular weight excluding hydrogens is 364 g/mol. The topological polar surface area (TPSA) is 0 Å². The molecule has 23 heavy (non-hydrogen) atoms. The average molecular weight is 403 g/mol. The predicted molar refractivity (Wildman–Crippen MR) is 118 cm³/mol. The Bertz CT molecular complexity index is 239. The molecule has 126 valence electrons. The minimum Gasteiger partial charge on any atom is -0.342 e. The van der Waals surface area contributed by atoms with Gasteiger partial charge in [0.15, 0.2) is 0 Å². The van der Waals surface area contributed by atoms with E-state index >= 15 is 0 Å². The summed E-state index contributed by atoms with van der Waals surface area (Å²) in [5.74, 6) is 0. The summed E-state index contributed by atoms with van der Waals surface area (Å²) in [6.45, 7) is 31.7. The molecule has 0 N–H and O–H groups in total. The van der Waals surface area contributed by atoms with Crippen molar-refractivity contribution < 1.29 is 51.4 Å². The Kier molecular flexibility index (Phi) is 30.0. The zero-order valence-electron chi connectivity index (χ0n) is 17.8. The third kappa shape index (κ3) is 176. The molecule has 0 aromatic heterocycles. The zero-order chi connectivity index (χ0) is 17.7. The van der Waals surface area contributed by atoms with Crippen LogP contribution >= 0.6 is 0 Å². The monoisotopic (exact) mass is 402 g/mol. The van der Waals surface area contributed by atoms with Crippen LogP contribution in [0.3, 0.4) is 0 Å². The molecule has 0 aliphatic carbocycles. The summed E-state index contributed by atoms with van der Waals surface area (Å²) < 4.78 is 0. The molecule has 0 radical (unpaired) electrons. The largest absolute Gasteiger partial charge is 2.00 e. The van der Waals surface area contributed by atoms with Gasteiger partial charge < -0.3 is 19.6 Å². The fourth-order valence-electron chi connectivity index (χ4n) is 0.385. The standard InChI is InChI=1S/C6H6.3C4H11Si.K.Mg/c1-2-4-6-5-3-1;3*1-5(2,3)4;;/h1-6H;3*1H2,2-4H3;;/q;3*-1;+1;+2. The second kappa shape index (κ2) is 19.0. The quantitative estimate of drug-likeness (QED) is 0.460. The van der Waals surface area contributed by atoms with Crippen LogP contribution in [0.2, 0.25) is 58.9 Å². The predicted octanol–water partition coefficient (Wildman–Crippen LogP) is 3.40. The van der Waals surface area contributed by atoms with E-state index in [1.54, 1.807) is 0 Å². The van der Waals surface area contributed by atoms with Gasteiger partial charge in [0.05, 0.1) is 0 Å². The van der Waals surface area contributed by atoms with Crippen LogP contribution in [0.4, 0.5) is 0 Å². The van der Waals surface area contributed by atoms with Gasteiger partial charge in [-0.25, -0.2) is 0 Å². The van der Waals surface area contributed by atoms with Gasteiger partial charge in [-0.3, -0.25) is 0 Å². The van der Waals surface area contributed by atoms with Crippen LogP contribution in [0.15, 0.2) is 36.4 Å². The molecule has 0 amide bonds. The number of hydrogen-bond acceptors (Lipinski definition) is 0. The summed E-state index contributed by atoms with van der Waals surface area (Å²) >= 11 is 0. The Hall–Kier alpha value is 2.27. The van der Waals surface area contributed by atoms with Crippen molar-refractivity contribution >= 4 is 47.3 Å². The first-order valence-electron chi connectivity index (χ1n) is 7.56. The summed E-state index contributed by atoms with van der Waals surface area (Å²) in [5, 5.41) is 0. The van der Waals surface area contributed by atoms with Gasteiger partial charge in [0, 0.05) is 0 Å². The fraction of sp³-hybridized carbons (Fsp3) is 0.500. The van der Waals surface area contributed by atoms with Crippen molar-refractivity contribution in [1.82, 2.24) is 0 Å². The van der Waals surface area contributed by atoms with Crippen molar-refractivity contribution in [3.8, 4) is 0 Å². The molecule has 0 bridgehead atoms. The van der Waals surface area contributed by atoms with Crippen molar-refractivity contribution in [2.45, 2.75) is 58.9 Å². The second-order valence-electron chi connectivity index (χ2n) is 8.84. The molecule has 5 heteroatoms. The van der Waals surface area contributed by atoms with Gasteiger partial charge in [-0.1, -0.05) is 95.3 Å². The third-order valence-corrected chi connectivity index (χ3v) is 0.667. The number of benzene rings is 1. The first kappa shape index (κ1) is 36.2. The maximum atomic E-state index is 3.91. The molecule has 0 spiro atoms.